The maximum Gasteiger partial charge on any atom is 0.306 e. The fourth-order valence-electron chi connectivity index (χ4n) is 4.16. The van der Waals surface area contributed by atoms with Gasteiger partial charge in [-0.15, -0.1) is 0 Å². The molecule has 0 amide bonds. The second kappa shape index (κ2) is 9.62. The number of rotatable bonds is 9. The second-order valence-corrected chi connectivity index (χ2v) is 11.6. The van der Waals surface area contributed by atoms with Crippen LogP contribution in [0.25, 0.3) is 11.0 Å². The first-order chi connectivity index (χ1) is 15.8. The van der Waals surface area contributed by atoms with Crippen molar-refractivity contribution < 1.29 is 26.9 Å². The number of hydrogen-bond acceptors (Lipinski definition) is 6. The first-order valence-corrected chi connectivity index (χ1v) is 13.5. The molecule has 0 radical (unpaired) electrons. The number of furan rings is 1. The van der Waals surface area contributed by atoms with Crippen LogP contribution < -0.4 is 8.92 Å². The number of ether oxygens (including phenoxy) is 1. The van der Waals surface area contributed by atoms with Crippen molar-refractivity contribution in [2.45, 2.75) is 65.9 Å². The Balaban J connectivity index is 1.95. The summed E-state index contributed by atoms with van der Waals surface area (Å²) in [6, 6.07) is 13.1. The fraction of sp³-hybridized carbons (Fsp3) is 0.481. The SMILES string of the molecule is CCC(CC)(c1ccc(OC[C@@H](O)C(C)(C)C)c(C)c1)c1cc2cc(OS(C)(=O)=O)ccc2o1. The van der Waals surface area contributed by atoms with E-state index in [1.807, 2.05) is 39.8 Å². The summed E-state index contributed by atoms with van der Waals surface area (Å²) in [5, 5.41) is 11.1. The molecule has 0 saturated carbocycles. The van der Waals surface area contributed by atoms with Crippen molar-refractivity contribution in [3.63, 3.8) is 0 Å². The summed E-state index contributed by atoms with van der Waals surface area (Å²) in [5.41, 5.74) is 2.18. The van der Waals surface area contributed by atoms with Crippen molar-refractivity contribution in [3.05, 3.63) is 59.4 Å². The summed E-state index contributed by atoms with van der Waals surface area (Å²) < 4.78 is 40.2. The molecule has 34 heavy (non-hydrogen) atoms. The zero-order valence-electron chi connectivity index (χ0n) is 21.1. The summed E-state index contributed by atoms with van der Waals surface area (Å²) >= 11 is 0. The minimum absolute atomic E-state index is 0.234. The molecule has 3 rings (SSSR count). The maximum absolute atomic E-state index is 11.5. The van der Waals surface area contributed by atoms with Crippen LogP contribution in [0.3, 0.4) is 0 Å². The number of aliphatic hydroxyl groups excluding tert-OH is 1. The smallest absolute Gasteiger partial charge is 0.306 e. The molecule has 1 N–H and O–H groups in total. The van der Waals surface area contributed by atoms with Crippen molar-refractivity contribution in [1.29, 1.82) is 0 Å². The van der Waals surface area contributed by atoms with Crippen LogP contribution >= 0.6 is 0 Å². The van der Waals surface area contributed by atoms with Gasteiger partial charge in [-0.05, 0) is 66.6 Å². The molecule has 0 bridgehead atoms. The molecule has 2 aromatic carbocycles. The van der Waals surface area contributed by atoms with Crippen LogP contribution in [0.15, 0.2) is 46.9 Å². The molecule has 0 saturated heterocycles. The van der Waals surface area contributed by atoms with Crippen molar-refractivity contribution in [1.82, 2.24) is 0 Å². The number of aryl methyl sites for hydroxylation is 1. The van der Waals surface area contributed by atoms with E-state index in [-0.39, 0.29) is 23.2 Å². The molecule has 0 unspecified atom stereocenters. The Bertz CT molecular complexity index is 1250. The van der Waals surface area contributed by atoms with Gasteiger partial charge in [0.25, 0.3) is 0 Å². The Hall–Kier alpha value is -2.51. The van der Waals surface area contributed by atoms with Crippen LogP contribution in [-0.4, -0.2) is 32.5 Å². The lowest BCUT2D eigenvalue weighted by Crippen LogP contribution is -2.32. The van der Waals surface area contributed by atoms with E-state index in [0.717, 1.165) is 47.1 Å². The Kier molecular flexibility index (Phi) is 7.39. The first-order valence-electron chi connectivity index (χ1n) is 11.6. The highest BCUT2D eigenvalue weighted by atomic mass is 32.2. The molecular formula is C27H36O6S. The minimum Gasteiger partial charge on any atom is -0.491 e. The van der Waals surface area contributed by atoms with Crippen molar-refractivity contribution >= 4 is 21.1 Å². The lowest BCUT2D eigenvalue weighted by molar-refractivity contribution is 0.0216. The molecule has 1 heterocycles. The fourth-order valence-corrected chi connectivity index (χ4v) is 4.61. The van der Waals surface area contributed by atoms with Crippen LogP contribution in [0.2, 0.25) is 0 Å². The summed E-state index contributed by atoms with van der Waals surface area (Å²) in [6.07, 6.45) is 2.09. The van der Waals surface area contributed by atoms with Gasteiger partial charge in [0.15, 0.2) is 0 Å². The molecule has 186 valence electrons. The van der Waals surface area contributed by atoms with Crippen LogP contribution in [0, 0.1) is 12.3 Å². The Labute approximate surface area is 203 Å². The molecule has 0 aliphatic carbocycles. The molecule has 0 spiro atoms. The van der Waals surface area contributed by atoms with Crippen LogP contribution in [-0.2, 0) is 15.5 Å². The van der Waals surface area contributed by atoms with Gasteiger partial charge >= 0.3 is 10.1 Å². The highest BCUT2D eigenvalue weighted by molar-refractivity contribution is 7.86. The van der Waals surface area contributed by atoms with Crippen molar-refractivity contribution in [2.75, 3.05) is 12.9 Å². The lowest BCUT2D eigenvalue weighted by atomic mass is 9.73. The normalized spacial score (nSPS) is 13.8. The Morgan fingerprint density at radius 3 is 2.26 bits per heavy atom. The number of fused-ring (bicyclic) bond motifs is 1. The largest absolute Gasteiger partial charge is 0.491 e. The zero-order chi connectivity index (χ0) is 25.3. The average molecular weight is 489 g/mol. The second-order valence-electron chi connectivity index (χ2n) is 10.1. The van der Waals surface area contributed by atoms with Gasteiger partial charge in [-0.2, -0.15) is 8.42 Å². The van der Waals surface area contributed by atoms with E-state index in [1.54, 1.807) is 18.2 Å². The number of hydrogen-bond donors (Lipinski definition) is 1. The Morgan fingerprint density at radius 2 is 1.71 bits per heavy atom. The van der Waals surface area contributed by atoms with E-state index < -0.39 is 16.2 Å². The highest BCUT2D eigenvalue weighted by Crippen LogP contribution is 2.43. The predicted molar refractivity (Wildman–Crippen MR) is 135 cm³/mol. The van der Waals surface area contributed by atoms with Gasteiger partial charge in [0.2, 0.25) is 0 Å². The average Bonchev–Trinajstić information content (AvgIpc) is 3.16. The Morgan fingerprint density at radius 1 is 1.03 bits per heavy atom. The molecule has 0 fully saturated rings. The maximum atomic E-state index is 11.5. The van der Waals surface area contributed by atoms with Crippen molar-refractivity contribution in [2.24, 2.45) is 5.41 Å². The molecule has 7 heteroatoms. The van der Waals surface area contributed by atoms with Crippen molar-refractivity contribution in [3.8, 4) is 11.5 Å². The highest BCUT2D eigenvalue weighted by Gasteiger charge is 2.35. The molecule has 0 aliphatic heterocycles. The number of benzene rings is 2. The van der Waals surface area contributed by atoms with E-state index in [0.29, 0.717) is 5.58 Å². The predicted octanol–water partition coefficient (Wildman–Crippen LogP) is 5.97. The molecule has 0 aliphatic rings. The zero-order valence-corrected chi connectivity index (χ0v) is 22.0. The minimum atomic E-state index is -3.61. The van der Waals surface area contributed by atoms with E-state index in [4.69, 9.17) is 13.3 Å². The molecule has 1 atom stereocenters. The van der Waals surface area contributed by atoms with Gasteiger partial charge in [-0.25, -0.2) is 0 Å². The monoisotopic (exact) mass is 488 g/mol. The summed E-state index contributed by atoms with van der Waals surface area (Å²) in [7, 11) is -3.61. The van der Waals surface area contributed by atoms with Gasteiger partial charge in [-0.1, -0.05) is 46.8 Å². The quantitative estimate of drug-likeness (QED) is 0.373. The van der Waals surface area contributed by atoms with Gasteiger partial charge in [0, 0.05) is 5.39 Å². The third kappa shape index (κ3) is 5.58. The van der Waals surface area contributed by atoms with Gasteiger partial charge < -0.3 is 18.4 Å². The standard InChI is InChI=1S/C27H36O6S/c1-8-27(9-2,20-10-12-22(18(3)14-20)31-17-24(28)26(4,5)6)25-16-19-15-21(33-34(7,29)30)11-13-23(19)32-25/h10-16,24,28H,8-9,17H2,1-7H3/t24-/m1/s1. The van der Waals surface area contributed by atoms with Crippen LogP contribution in [0.4, 0.5) is 0 Å². The van der Waals surface area contributed by atoms with Gasteiger partial charge in [-0.3, -0.25) is 0 Å². The molecular weight excluding hydrogens is 452 g/mol. The summed E-state index contributed by atoms with van der Waals surface area (Å²) in [4.78, 5) is 0. The molecule has 3 aromatic rings. The summed E-state index contributed by atoms with van der Waals surface area (Å²) in [6.45, 7) is 12.5. The lowest BCUT2D eigenvalue weighted by Gasteiger charge is -2.31. The summed E-state index contributed by atoms with van der Waals surface area (Å²) in [5.74, 6) is 1.83. The van der Waals surface area contributed by atoms with E-state index >= 15 is 0 Å². The topological polar surface area (TPSA) is 86.0 Å². The van der Waals surface area contributed by atoms with E-state index in [1.165, 1.54) is 0 Å². The third-order valence-electron chi connectivity index (χ3n) is 6.54. The molecule has 6 nitrogen and oxygen atoms in total. The van der Waals surface area contributed by atoms with E-state index in [9.17, 15) is 13.5 Å². The van der Waals surface area contributed by atoms with E-state index in [2.05, 4.69) is 26.0 Å². The number of aliphatic hydroxyl groups is 1. The van der Waals surface area contributed by atoms with Gasteiger partial charge in [0.1, 0.15) is 29.4 Å². The van der Waals surface area contributed by atoms with Gasteiger partial charge in [0.05, 0.1) is 17.8 Å². The van der Waals surface area contributed by atoms with Crippen LogP contribution in [0.1, 0.15) is 64.3 Å². The first kappa shape index (κ1) is 26.1. The molecule has 1 aromatic heterocycles. The third-order valence-corrected chi connectivity index (χ3v) is 7.03. The van der Waals surface area contributed by atoms with Crippen LogP contribution in [0.5, 0.6) is 11.5 Å².